The van der Waals surface area contributed by atoms with E-state index in [2.05, 4.69) is 14.8 Å². The zero-order valence-electron chi connectivity index (χ0n) is 19.7. The number of rotatable bonds is 8. The molecule has 2 aromatic heterocycles. The number of nitrogens with zero attached hydrogens (tertiary/aromatic N) is 7. The lowest BCUT2D eigenvalue weighted by atomic mass is 10.2. The van der Waals surface area contributed by atoms with Gasteiger partial charge in [0, 0.05) is 52.4 Å². The predicted molar refractivity (Wildman–Crippen MR) is 129 cm³/mol. The first kappa shape index (κ1) is 23.8. The Morgan fingerprint density at radius 3 is 2.35 bits per heavy atom. The molecule has 3 heterocycles. The van der Waals surface area contributed by atoms with Gasteiger partial charge in [0.05, 0.1) is 11.3 Å². The lowest BCUT2D eigenvalue weighted by Gasteiger charge is -2.22. The minimum absolute atomic E-state index is 0.124. The van der Waals surface area contributed by atoms with Gasteiger partial charge in [-0.05, 0) is 44.5 Å². The molecule has 0 amide bonds. The summed E-state index contributed by atoms with van der Waals surface area (Å²) in [7, 11) is 3.12. The van der Waals surface area contributed by atoms with Gasteiger partial charge in [0.2, 0.25) is 0 Å². The minimum Gasteiger partial charge on any atom is -0.325 e. The SMILES string of the molecule is Cn1c(=O)c2c(ncn2CCCCN2CCCN(Cc3ccc([N+](=O)[O-])cc3)CC2)n(C)c1=O. The van der Waals surface area contributed by atoms with Crippen molar-refractivity contribution in [1.82, 2.24) is 28.5 Å². The van der Waals surface area contributed by atoms with Gasteiger partial charge in [-0.2, -0.15) is 0 Å². The van der Waals surface area contributed by atoms with Gasteiger partial charge in [-0.15, -0.1) is 0 Å². The number of imidazole rings is 1. The molecule has 1 aliphatic heterocycles. The van der Waals surface area contributed by atoms with Crippen LogP contribution in [-0.4, -0.2) is 66.1 Å². The van der Waals surface area contributed by atoms with E-state index in [1.807, 2.05) is 16.7 Å². The van der Waals surface area contributed by atoms with Crippen molar-refractivity contribution in [3.8, 4) is 0 Å². The van der Waals surface area contributed by atoms with E-state index in [0.717, 1.165) is 68.7 Å². The molecular formula is C23H31N7O4. The Morgan fingerprint density at radius 2 is 1.62 bits per heavy atom. The first-order valence-corrected chi connectivity index (χ1v) is 11.6. The summed E-state index contributed by atoms with van der Waals surface area (Å²) in [6.07, 6.45) is 4.66. The molecule has 0 aliphatic carbocycles. The van der Waals surface area contributed by atoms with Crippen LogP contribution < -0.4 is 11.2 Å². The van der Waals surface area contributed by atoms with E-state index in [4.69, 9.17) is 0 Å². The van der Waals surface area contributed by atoms with Gasteiger partial charge >= 0.3 is 5.69 Å². The number of nitro benzene ring substituents is 1. The summed E-state index contributed by atoms with van der Waals surface area (Å²) in [5.74, 6) is 0. The number of fused-ring (bicyclic) bond motifs is 1. The van der Waals surface area contributed by atoms with Crippen LogP contribution in [0.15, 0.2) is 40.2 Å². The molecule has 0 atom stereocenters. The fourth-order valence-electron chi connectivity index (χ4n) is 4.57. The normalized spacial score (nSPS) is 15.6. The average molecular weight is 470 g/mol. The summed E-state index contributed by atoms with van der Waals surface area (Å²) in [6.45, 7) is 6.50. The van der Waals surface area contributed by atoms with Crippen molar-refractivity contribution in [2.45, 2.75) is 32.4 Å². The predicted octanol–water partition coefficient (Wildman–Crippen LogP) is 1.33. The molecule has 34 heavy (non-hydrogen) atoms. The van der Waals surface area contributed by atoms with Crippen molar-refractivity contribution in [2.75, 3.05) is 32.7 Å². The van der Waals surface area contributed by atoms with E-state index in [1.165, 1.54) is 11.6 Å². The monoisotopic (exact) mass is 469 g/mol. The minimum atomic E-state index is -0.370. The third kappa shape index (κ3) is 5.10. The number of nitro groups is 1. The molecule has 11 nitrogen and oxygen atoms in total. The highest BCUT2D eigenvalue weighted by Crippen LogP contribution is 2.15. The number of aryl methyl sites for hydroxylation is 2. The van der Waals surface area contributed by atoms with E-state index < -0.39 is 0 Å². The molecule has 1 aromatic carbocycles. The molecule has 0 N–H and O–H groups in total. The van der Waals surface area contributed by atoms with Crippen LogP contribution in [0.25, 0.3) is 11.2 Å². The lowest BCUT2D eigenvalue weighted by molar-refractivity contribution is -0.384. The second-order valence-electron chi connectivity index (χ2n) is 8.92. The van der Waals surface area contributed by atoms with Crippen LogP contribution in [0.5, 0.6) is 0 Å². The highest BCUT2D eigenvalue weighted by atomic mass is 16.6. The van der Waals surface area contributed by atoms with Crippen LogP contribution in [0.2, 0.25) is 0 Å². The Labute approximate surface area is 197 Å². The van der Waals surface area contributed by atoms with Gasteiger partial charge in [-0.25, -0.2) is 9.78 Å². The summed E-state index contributed by atoms with van der Waals surface area (Å²) in [6, 6.07) is 6.81. The molecule has 11 heteroatoms. The molecule has 1 fully saturated rings. The fraction of sp³-hybridized carbons (Fsp3) is 0.522. The molecule has 0 saturated carbocycles. The second kappa shape index (κ2) is 10.3. The van der Waals surface area contributed by atoms with Crippen LogP contribution in [0.1, 0.15) is 24.8 Å². The zero-order valence-corrected chi connectivity index (χ0v) is 19.7. The Morgan fingerprint density at radius 1 is 0.941 bits per heavy atom. The molecule has 182 valence electrons. The van der Waals surface area contributed by atoms with Crippen LogP contribution in [0.4, 0.5) is 5.69 Å². The van der Waals surface area contributed by atoms with Crippen LogP contribution in [0, 0.1) is 10.1 Å². The van der Waals surface area contributed by atoms with Crippen molar-refractivity contribution < 1.29 is 4.92 Å². The Kier molecular flexibility index (Phi) is 7.23. The van der Waals surface area contributed by atoms with Crippen molar-refractivity contribution >= 4 is 16.9 Å². The smallest absolute Gasteiger partial charge is 0.325 e. The second-order valence-corrected chi connectivity index (χ2v) is 8.92. The maximum atomic E-state index is 12.6. The lowest BCUT2D eigenvalue weighted by Crippen LogP contribution is -2.37. The van der Waals surface area contributed by atoms with E-state index in [1.54, 1.807) is 25.5 Å². The number of hydrogen-bond donors (Lipinski definition) is 0. The van der Waals surface area contributed by atoms with Gasteiger partial charge < -0.3 is 9.47 Å². The number of non-ortho nitro benzene ring substituents is 1. The number of hydrogen-bond acceptors (Lipinski definition) is 7. The van der Waals surface area contributed by atoms with E-state index in [0.29, 0.717) is 17.7 Å². The summed E-state index contributed by atoms with van der Waals surface area (Å²) in [5, 5.41) is 10.8. The van der Waals surface area contributed by atoms with Gasteiger partial charge in [0.1, 0.15) is 0 Å². The van der Waals surface area contributed by atoms with Crippen molar-refractivity contribution in [3.05, 3.63) is 67.1 Å². The molecule has 4 rings (SSSR count). The molecule has 3 aromatic rings. The summed E-state index contributed by atoms with van der Waals surface area (Å²) in [4.78, 5) is 44.3. The Balaban J connectivity index is 1.26. The van der Waals surface area contributed by atoms with Gasteiger partial charge in [-0.1, -0.05) is 12.1 Å². The molecule has 0 bridgehead atoms. The van der Waals surface area contributed by atoms with Crippen molar-refractivity contribution in [3.63, 3.8) is 0 Å². The summed E-state index contributed by atoms with van der Waals surface area (Å²) >= 11 is 0. The van der Waals surface area contributed by atoms with Crippen LogP contribution >= 0.6 is 0 Å². The van der Waals surface area contributed by atoms with Crippen molar-refractivity contribution in [1.29, 1.82) is 0 Å². The standard InChI is InChI=1S/C23H31N7O4/c1-25-21-20(22(31)26(2)23(25)32)29(17-24-21)13-4-3-10-27-11-5-12-28(15-14-27)16-18-6-8-19(9-7-18)30(33)34/h6-9,17H,3-5,10-16H2,1-2H3. The van der Waals surface area contributed by atoms with E-state index >= 15 is 0 Å². The molecule has 0 spiro atoms. The molecule has 1 saturated heterocycles. The third-order valence-electron chi connectivity index (χ3n) is 6.58. The molecule has 0 unspecified atom stereocenters. The molecular weight excluding hydrogens is 438 g/mol. The summed E-state index contributed by atoms with van der Waals surface area (Å²) in [5.41, 5.74) is 1.44. The topological polar surface area (TPSA) is 111 Å². The molecule has 1 aliphatic rings. The first-order valence-electron chi connectivity index (χ1n) is 11.6. The summed E-state index contributed by atoms with van der Waals surface area (Å²) < 4.78 is 4.39. The van der Waals surface area contributed by atoms with Gasteiger partial charge in [-0.3, -0.25) is 28.9 Å². The van der Waals surface area contributed by atoms with Crippen LogP contribution in [-0.2, 0) is 27.2 Å². The van der Waals surface area contributed by atoms with E-state index in [9.17, 15) is 19.7 Å². The van der Waals surface area contributed by atoms with Crippen molar-refractivity contribution in [2.24, 2.45) is 14.1 Å². The van der Waals surface area contributed by atoms with Gasteiger partial charge in [0.15, 0.2) is 11.2 Å². The maximum Gasteiger partial charge on any atom is 0.332 e. The number of aromatic nitrogens is 4. The van der Waals surface area contributed by atoms with Gasteiger partial charge in [0.25, 0.3) is 11.2 Å². The maximum absolute atomic E-state index is 12.6. The average Bonchev–Trinajstić information content (AvgIpc) is 3.13. The largest absolute Gasteiger partial charge is 0.332 e. The fourth-order valence-corrected chi connectivity index (χ4v) is 4.57. The first-order chi connectivity index (χ1) is 16.3. The number of benzene rings is 1. The molecule has 0 radical (unpaired) electrons. The third-order valence-corrected chi connectivity index (χ3v) is 6.58. The Hall–Kier alpha value is -3.31. The Bertz CT molecular complexity index is 1280. The highest BCUT2D eigenvalue weighted by molar-refractivity contribution is 5.69. The highest BCUT2D eigenvalue weighted by Gasteiger charge is 2.16. The van der Waals surface area contributed by atoms with E-state index in [-0.39, 0.29) is 21.9 Å². The quantitative estimate of drug-likeness (QED) is 0.278. The zero-order chi connectivity index (χ0) is 24.2. The number of unbranched alkanes of at least 4 members (excludes halogenated alkanes) is 1. The van der Waals surface area contributed by atoms with Crippen LogP contribution in [0.3, 0.4) is 0 Å².